The fourth-order valence-electron chi connectivity index (χ4n) is 1.55. The Morgan fingerprint density at radius 1 is 1.50 bits per heavy atom. The minimum atomic E-state index is 0.0248. The highest BCUT2D eigenvalue weighted by atomic mass is 16.1. The molecule has 0 atom stereocenters. The van der Waals surface area contributed by atoms with Crippen LogP contribution in [-0.2, 0) is 7.05 Å². The number of aromatic nitrogens is 1. The van der Waals surface area contributed by atoms with Crippen LogP contribution < -0.4 is 16.1 Å². The second-order valence-corrected chi connectivity index (χ2v) is 3.21. The zero-order valence-electron chi connectivity index (χ0n) is 8.87. The van der Waals surface area contributed by atoms with Crippen molar-refractivity contribution in [3.05, 3.63) is 45.2 Å². The lowest BCUT2D eigenvalue weighted by molar-refractivity contribution is 0.812. The molecular formula is C12H15NO. The summed E-state index contributed by atoms with van der Waals surface area (Å²) in [5, 5.41) is 2.00. The molecule has 0 aliphatic heterocycles. The van der Waals surface area contributed by atoms with Crippen molar-refractivity contribution in [2.75, 3.05) is 0 Å². The summed E-state index contributed by atoms with van der Waals surface area (Å²) >= 11 is 0. The van der Waals surface area contributed by atoms with Gasteiger partial charge in [-0.15, -0.1) is 0 Å². The van der Waals surface area contributed by atoms with Gasteiger partial charge in [0, 0.05) is 23.7 Å². The van der Waals surface area contributed by atoms with Crippen LogP contribution in [0.2, 0.25) is 0 Å². The van der Waals surface area contributed by atoms with Crippen molar-refractivity contribution in [2.45, 2.75) is 13.8 Å². The largest absolute Gasteiger partial charge is 0.312 e. The van der Waals surface area contributed by atoms with Crippen molar-refractivity contribution >= 4 is 12.2 Å². The van der Waals surface area contributed by atoms with Crippen LogP contribution in [0.3, 0.4) is 0 Å². The van der Waals surface area contributed by atoms with E-state index < -0.39 is 0 Å². The Morgan fingerprint density at radius 2 is 2.14 bits per heavy atom. The topological polar surface area (TPSA) is 22.0 Å². The molecule has 1 heterocycles. The third-order valence-corrected chi connectivity index (χ3v) is 2.29. The van der Waals surface area contributed by atoms with Gasteiger partial charge in [0.05, 0.1) is 0 Å². The second-order valence-electron chi connectivity index (χ2n) is 3.21. The van der Waals surface area contributed by atoms with E-state index in [-0.39, 0.29) is 5.56 Å². The first-order chi connectivity index (χ1) is 6.61. The van der Waals surface area contributed by atoms with Crippen molar-refractivity contribution in [1.82, 2.24) is 4.57 Å². The Kier molecular flexibility index (Phi) is 3.07. The summed E-state index contributed by atoms with van der Waals surface area (Å²) in [7, 11) is 1.78. The summed E-state index contributed by atoms with van der Waals surface area (Å²) in [6, 6.07) is 1.64. The Bertz CT molecular complexity index is 520. The maximum atomic E-state index is 11.5. The first-order valence-electron chi connectivity index (χ1n) is 4.57. The molecule has 0 saturated heterocycles. The molecule has 1 aromatic rings. The standard InChI is InChI=1S/C12H15NO/c1-5-7-10-9(3)8-12(14)13(4)11(10)6-2/h5-8H,1H2,2-4H3/b10-7-,11-6+. The van der Waals surface area contributed by atoms with E-state index in [9.17, 15) is 4.79 Å². The molecule has 0 N–H and O–H groups in total. The summed E-state index contributed by atoms with van der Waals surface area (Å²) in [5.41, 5.74) is 1.01. The van der Waals surface area contributed by atoms with Gasteiger partial charge in [0.15, 0.2) is 0 Å². The maximum Gasteiger partial charge on any atom is 0.251 e. The molecule has 2 nitrogen and oxygen atoms in total. The van der Waals surface area contributed by atoms with Gasteiger partial charge >= 0.3 is 0 Å². The molecule has 0 bridgehead atoms. The molecule has 0 aliphatic carbocycles. The molecule has 14 heavy (non-hydrogen) atoms. The van der Waals surface area contributed by atoms with Gasteiger partial charge in [-0.2, -0.15) is 0 Å². The SMILES string of the molecule is C=C/C=c1/c(C)cc(=O)n(C)/c1=C/C. The second kappa shape index (κ2) is 4.09. The van der Waals surface area contributed by atoms with Crippen LogP contribution in [-0.4, -0.2) is 4.57 Å². The van der Waals surface area contributed by atoms with Crippen LogP contribution in [0.5, 0.6) is 0 Å². The van der Waals surface area contributed by atoms with Crippen LogP contribution in [0.4, 0.5) is 0 Å². The third kappa shape index (κ3) is 1.69. The first-order valence-corrected chi connectivity index (χ1v) is 4.57. The molecule has 2 heteroatoms. The predicted molar refractivity (Wildman–Crippen MR) is 60.5 cm³/mol. The van der Waals surface area contributed by atoms with Crippen LogP contribution in [0.1, 0.15) is 12.5 Å². The number of nitrogens with zero attached hydrogens (tertiary/aromatic N) is 1. The first kappa shape index (κ1) is 10.5. The number of hydrogen-bond donors (Lipinski definition) is 0. The minimum Gasteiger partial charge on any atom is -0.312 e. The quantitative estimate of drug-likeness (QED) is 0.629. The van der Waals surface area contributed by atoms with E-state index in [2.05, 4.69) is 6.58 Å². The maximum absolute atomic E-state index is 11.5. The van der Waals surface area contributed by atoms with Gasteiger partial charge in [-0.1, -0.05) is 24.8 Å². The molecule has 1 rings (SSSR count). The van der Waals surface area contributed by atoms with E-state index in [1.54, 1.807) is 23.8 Å². The molecular weight excluding hydrogens is 174 g/mol. The molecule has 0 radical (unpaired) electrons. The minimum absolute atomic E-state index is 0.0248. The Morgan fingerprint density at radius 3 is 2.64 bits per heavy atom. The monoisotopic (exact) mass is 189 g/mol. The van der Waals surface area contributed by atoms with Gasteiger partial charge in [0.25, 0.3) is 5.56 Å². The molecule has 0 aliphatic rings. The van der Waals surface area contributed by atoms with Crippen LogP contribution in [0.15, 0.2) is 23.5 Å². The molecule has 0 amide bonds. The van der Waals surface area contributed by atoms with Crippen molar-refractivity contribution in [3.8, 4) is 0 Å². The van der Waals surface area contributed by atoms with E-state index in [1.807, 2.05) is 26.0 Å². The van der Waals surface area contributed by atoms with E-state index >= 15 is 0 Å². The number of pyridine rings is 1. The van der Waals surface area contributed by atoms with E-state index in [0.717, 1.165) is 16.1 Å². The smallest absolute Gasteiger partial charge is 0.251 e. The highest BCUT2D eigenvalue weighted by Crippen LogP contribution is 1.79. The molecule has 0 fully saturated rings. The fraction of sp³-hybridized carbons (Fsp3) is 0.250. The number of aryl methyl sites for hydroxylation is 1. The molecule has 74 valence electrons. The van der Waals surface area contributed by atoms with Crippen LogP contribution in [0, 0.1) is 6.92 Å². The Labute approximate surface area is 83.5 Å². The lowest BCUT2D eigenvalue weighted by Gasteiger charge is -2.02. The van der Waals surface area contributed by atoms with Gasteiger partial charge in [0.1, 0.15) is 0 Å². The highest BCUT2D eigenvalue weighted by Gasteiger charge is 1.96. The summed E-state index contributed by atoms with van der Waals surface area (Å²) < 4.78 is 1.64. The van der Waals surface area contributed by atoms with Gasteiger partial charge in [-0.05, 0) is 19.4 Å². The van der Waals surface area contributed by atoms with Gasteiger partial charge in [0.2, 0.25) is 0 Å². The lowest BCUT2D eigenvalue weighted by Crippen LogP contribution is -2.42. The summed E-state index contributed by atoms with van der Waals surface area (Å²) in [6.45, 7) is 7.53. The lowest BCUT2D eigenvalue weighted by atomic mass is 10.2. The normalized spacial score (nSPS) is 13.4. The summed E-state index contributed by atoms with van der Waals surface area (Å²) in [5.74, 6) is 0. The summed E-state index contributed by atoms with van der Waals surface area (Å²) in [6.07, 6.45) is 5.59. The van der Waals surface area contributed by atoms with Gasteiger partial charge in [-0.25, -0.2) is 0 Å². The van der Waals surface area contributed by atoms with Crippen LogP contribution in [0.25, 0.3) is 12.2 Å². The van der Waals surface area contributed by atoms with Crippen molar-refractivity contribution in [1.29, 1.82) is 0 Å². The molecule has 0 spiro atoms. The van der Waals surface area contributed by atoms with E-state index in [0.29, 0.717) is 0 Å². The average molecular weight is 189 g/mol. The van der Waals surface area contributed by atoms with Crippen molar-refractivity contribution in [3.63, 3.8) is 0 Å². The van der Waals surface area contributed by atoms with Crippen LogP contribution >= 0.6 is 0 Å². The zero-order chi connectivity index (χ0) is 10.7. The Hall–Kier alpha value is -1.57. The molecule has 0 aromatic carbocycles. The van der Waals surface area contributed by atoms with Crippen molar-refractivity contribution in [2.24, 2.45) is 7.05 Å². The van der Waals surface area contributed by atoms with Gasteiger partial charge in [-0.3, -0.25) is 4.79 Å². The Balaban J connectivity index is 3.94. The number of rotatable bonds is 1. The predicted octanol–water partition coefficient (Wildman–Crippen LogP) is 0.461. The summed E-state index contributed by atoms with van der Waals surface area (Å²) in [4.78, 5) is 11.5. The molecule has 1 aromatic heterocycles. The highest BCUT2D eigenvalue weighted by molar-refractivity contribution is 5.39. The zero-order valence-corrected chi connectivity index (χ0v) is 8.87. The number of hydrogen-bond acceptors (Lipinski definition) is 1. The number of allylic oxidation sites excluding steroid dienone is 1. The fourth-order valence-corrected chi connectivity index (χ4v) is 1.55. The molecule has 0 saturated carbocycles. The molecule has 0 unspecified atom stereocenters. The van der Waals surface area contributed by atoms with E-state index in [1.165, 1.54) is 0 Å². The third-order valence-electron chi connectivity index (χ3n) is 2.29. The van der Waals surface area contributed by atoms with Gasteiger partial charge < -0.3 is 4.57 Å². The average Bonchev–Trinajstić information content (AvgIpc) is 2.15. The van der Waals surface area contributed by atoms with E-state index in [4.69, 9.17) is 0 Å². The van der Waals surface area contributed by atoms with Crippen molar-refractivity contribution < 1.29 is 0 Å².